The minimum atomic E-state index is -0.197. The van der Waals surface area contributed by atoms with Gasteiger partial charge in [-0.2, -0.15) is 0 Å². The number of carbonyl (C=O) groups is 2. The molecule has 3 N–H and O–H groups in total. The highest BCUT2D eigenvalue weighted by Gasteiger charge is 2.12. The van der Waals surface area contributed by atoms with Gasteiger partial charge in [-0.3, -0.25) is 9.59 Å². The average Bonchev–Trinajstić information content (AvgIpc) is 2.91. The predicted molar refractivity (Wildman–Crippen MR) is 87.0 cm³/mol. The number of carbonyl (C=O) groups excluding carboxylic acids is 2. The first-order valence-electron chi connectivity index (χ1n) is 6.88. The fraction of sp³-hybridized carbons (Fsp3) is 0.0588. The van der Waals surface area contributed by atoms with E-state index >= 15 is 0 Å². The van der Waals surface area contributed by atoms with Gasteiger partial charge in [0.1, 0.15) is 0 Å². The second-order valence-electron chi connectivity index (χ2n) is 4.96. The molecule has 5 nitrogen and oxygen atoms in total. The predicted octanol–water partition coefficient (Wildman–Crippen LogP) is 3.38. The Balaban J connectivity index is 1.84. The lowest BCUT2D eigenvalue weighted by molar-refractivity contribution is -0.114. The SMILES string of the molecule is CC(=O)Nc1cccc(NC(=O)c2c[nH]c3ccccc23)c1. The maximum Gasteiger partial charge on any atom is 0.257 e. The number of rotatable bonds is 3. The van der Waals surface area contributed by atoms with Crippen molar-refractivity contribution in [3.8, 4) is 0 Å². The highest BCUT2D eigenvalue weighted by Crippen LogP contribution is 2.20. The lowest BCUT2D eigenvalue weighted by atomic mass is 10.1. The minimum absolute atomic E-state index is 0.153. The maximum atomic E-state index is 12.4. The third-order valence-electron chi connectivity index (χ3n) is 3.27. The Morgan fingerprint density at radius 3 is 2.45 bits per heavy atom. The van der Waals surface area contributed by atoms with Gasteiger partial charge in [-0.25, -0.2) is 0 Å². The summed E-state index contributed by atoms with van der Waals surface area (Å²) in [5, 5.41) is 6.40. The highest BCUT2D eigenvalue weighted by molar-refractivity contribution is 6.12. The van der Waals surface area contributed by atoms with Crippen LogP contribution in [0.3, 0.4) is 0 Å². The van der Waals surface area contributed by atoms with Gasteiger partial charge in [-0.05, 0) is 24.3 Å². The molecule has 0 bridgehead atoms. The van der Waals surface area contributed by atoms with Gasteiger partial charge in [0.05, 0.1) is 5.56 Å². The Morgan fingerprint density at radius 1 is 0.955 bits per heavy atom. The third-order valence-corrected chi connectivity index (χ3v) is 3.27. The van der Waals surface area contributed by atoms with E-state index in [-0.39, 0.29) is 11.8 Å². The Kier molecular flexibility index (Phi) is 3.62. The highest BCUT2D eigenvalue weighted by atomic mass is 16.2. The van der Waals surface area contributed by atoms with E-state index in [1.54, 1.807) is 30.5 Å². The number of H-pyrrole nitrogens is 1. The van der Waals surface area contributed by atoms with E-state index in [9.17, 15) is 9.59 Å². The standard InChI is InChI=1S/C17H15N3O2/c1-11(21)19-12-5-4-6-13(9-12)20-17(22)15-10-18-16-8-3-2-7-14(15)16/h2-10,18H,1H3,(H,19,21)(H,20,22). The fourth-order valence-electron chi connectivity index (χ4n) is 2.34. The largest absolute Gasteiger partial charge is 0.360 e. The van der Waals surface area contributed by atoms with E-state index in [0.717, 1.165) is 10.9 Å². The van der Waals surface area contributed by atoms with Crippen LogP contribution in [0.2, 0.25) is 0 Å². The van der Waals surface area contributed by atoms with Crippen molar-refractivity contribution in [2.45, 2.75) is 6.92 Å². The molecule has 0 radical (unpaired) electrons. The van der Waals surface area contributed by atoms with Gasteiger partial charge in [-0.1, -0.05) is 24.3 Å². The van der Waals surface area contributed by atoms with Crippen molar-refractivity contribution in [2.75, 3.05) is 10.6 Å². The number of hydrogen-bond acceptors (Lipinski definition) is 2. The Hall–Kier alpha value is -3.08. The summed E-state index contributed by atoms with van der Waals surface area (Å²) in [6.45, 7) is 1.44. The maximum absolute atomic E-state index is 12.4. The normalized spacial score (nSPS) is 10.4. The number of fused-ring (bicyclic) bond motifs is 1. The molecule has 0 fully saturated rings. The van der Waals surface area contributed by atoms with Crippen molar-refractivity contribution >= 4 is 34.1 Å². The molecule has 5 heteroatoms. The quantitative estimate of drug-likeness (QED) is 0.692. The molecule has 1 heterocycles. The molecule has 1 aromatic heterocycles. The summed E-state index contributed by atoms with van der Waals surface area (Å²) in [6.07, 6.45) is 1.69. The Bertz CT molecular complexity index is 852. The molecule has 3 aromatic rings. The van der Waals surface area contributed by atoms with E-state index in [4.69, 9.17) is 0 Å². The summed E-state index contributed by atoms with van der Waals surface area (Å²) in [7, 11) is 0. The number of aromatic amines is 1. The number of aromatic nitrogens is 1. The molecule has 2 aromatic carbocycles. The monoisotopic (exact) mass is 293 g/mol. The van der Waals surface area contributed by atoms with Crippen molar-refractivity contribution < 1.29 is 9.59 Å². The van der Waals surface area contributed by atoms with Crippen LogP contribution >= 0.6 is 0 Å². The van der Waals surface area contributed by atoms with Crippen LogP contribution < -0.4 is 10.6 Å². The van der Waals surface area contributed by atoms with Crippen LogP contribution in [-0.4, -0.2) is 16.8 Å². The third kappa shape index (κ3) is 2.83. The minimum Gasteiger partial charge on any atom is -0.360 e. The number of amides is 2. The lowest BCUT2D eigenvalue weighted by Gasteiger charge is -2.07. The van der Waals surface area contributed by atoms with Gasteiger partial charge in [0.25, 0.3) is 5.91 Å². The first-order valence-corrected chi connectivity index (χ1v) is 6.88. The van der Waals surface area contributed by atoms with Gasteiger partial charge in [-0.15, -0.1) is 0 Å². The van der Waals surface area contributed by atoms with Crippen LogP contribution in [0.4, 0.5) is 11.4 Å². The molecule has 3 rings (SSSR count). The molecule has 0 spiro atoms. The molecule has 0 aliphatic heterocycles. The molecule has 0 aliphatic carbocycles. The molecule has 0 saturated carbocycles. The zero-order valence-electron chi connectivity index (χ0n) is 12.0. The van der Waals surface area contributed by atoms with E-state index in [0.29, 0.717) is 16.9 Å². The number of hydrogen-bond donors (Lipinski definition) is 3. The number of nitrogens with one attached hydrogen (secondary N) is 3. The second kappa shape index (κ2) is 5.73. The van der Waals surface area contributed by atoms with Crippen molar-refractivity contribution in [3.63, 3.8) is 0 Å². The van der Waals surface area contributed by atoms with Crippen LogP contribution in [0, 0.1) is 0 Å². The summed E-state index contributed by atoms with van der Waals surface area (Å²) < 4.78 is 0. The molecule has 0 unspecified atom stereocenters. The lowest BCUT2D eigenvalue weighted by Crippen LogP contribution is -2.12. The summed E-state index contributed by atoms with van der Waals surface area (Å²) in [4.78, 5) is 26.6. The molecular weight excluding hydrogens is 278 g/mol. The zero-order valence-corrected chi connectivity index (χ0v) is 12.0. The first kappa shape index (κ1) is 13.9. The van der Waals surface area contributed by atoms with Crippen molar-refractivity contribution in [1.29, 1.82) is 0 Å². The number of benzene rings is 2. The van der Waals surface area contributed by atoms with E-state index in [1.165, 1.54) is 6.92 Å². The Labute approximate surface area is 127 Å². The molecular formula is C17H15N3O2. The first-order chi connectivity index (χ1) is 10.6. The second-order valence-corrected chi connectivity index (χ2v) is 4.96. The van der Waals surface area contributed by atoms with Gasteiger partial charge in [0.15, 0.2) is 0 Å². The molecule has 0 aliphatic rings. The van der Waals surface area contributed by atoms with Crippen LogP contribution in [0.15, 0.2) is 54.7 Å². The Morgan fingerprint density at radius 2 is 1.68 bits per heavy atom. The summed E-state index contributed by atoms with van der Waals surface area (Å²) >= 11 is 0. The average molecular weight is 293 g/mol. The van der Waals surface area contributed by atoms with Crippen molar-refractivity contribution in [3.05, 3.63) is 60.3 Å². The topological polar surface area (TPSA) is 74.0 Å². The van der Waals surface area contributed by atoms with Crippen molar-refractivity contribution in [2.24, 2.45) is 0 Å². The summed E-state index contributed by atoms with van der Waals surface area (Å²) in [5.41, 5.74) is 2.77. The zero-order chi connectivity index (χ0) is 15.5. The van der Waals surface area contributed by atoms with Gasteiger partial charge < -0.3 is 15.6 Å². The molecule has 22 heavy (non-hydrogen) atoms. The summed E-state index contributed by atoms with van der Waals surface area (Å²) in [6, 6.07) is 14.7. The summed E-state index contributed by atoms with van der Waals surface area (Å²) in [5.74, 6) is -0.350. The van der Waals surface area contributed by atoms with Gasteiger partial charge in [0.2, 0.25) is 5.91 Å². The molecule has 2 amide bonds. The number of para-hydroxylation sites is 1. The molecule has 110 valence electrons. The van der Waals surface area contributed by atoms with Gasteiger partial charge in [0, 0.05) is 35.4 Å². The fourth-order valence-corrected chi connectivity index (χ4v) is 2.34. The van der Waals surface area contributed by atoms with Crippen LogP contribution in [0.5, 0.6) is 0 Å². The molecule has 0 atom stereocenters. The van der Waals surface area contributed by atoms with Crippen LogP contribution in [-0.2, 0) is 4.79 Å². The van der Waals surface area contributed by atoms with Crippen LogP contribution in [0.25, 0.3) is 10.9 Å². The van der Waals surface area contributed by atoms with Gasteiger partial charge >= 0.3 is 0 Å². The van der Waals surface area contributed by atoms with E-state index in [1.807, 2.05) is 24.3 Å². The smallest absolute Gasteiger partial charge is 0.257 e. The van der Waals surface area contributed by atoms with Crippen LogP contribution in [0.1, 0.15) is 17.3 Å². The molecule has 0 saturated heterocycles. The van der Waals surface area contributed by atoms with E-state index in [2.05, 4.69) is 15.6 Å². The van der Waals surface area contributed by atoms with E-state index < -0.39 is 0 Å². The van der Waals surface area contributed by atoms with Crippen molar-refractivity contribution in [1.82, 2.24) is 4.98 Å². The number of anilines is 2.